The van der Waals surface area contributed by atoms with Gasteiger partial charge in [-0.3, -0.25) is 4.98 Å². The number of carbonyl (C=O) groups is 1. The molecule has 0 atom stereocenters. The number of alkyl halides is 2. The van der Waals surface area contributed by atoms with Gasteiger partial charge in [-0.25, -0.2) is 9.48 Å². The molecule has 1 N–H and O–H groups in total. The van der Waals surface area contributed by atoms with Crippen molar-refractivity contribution in [1.82, 2.24) is 35.1 Å². The van der Waals surface area contributed by atoms with Crippen molar-refractivity contribution in [2.24, 2.45) is 0 Å². The lowest BCUT2D eigenvalue weighted by Gasteiger charge is -2.26. The molecule has 0 aliphatic carbocycles. The van der Waals surface area contributed by atoms with E-state index in [0.717, 1.165) is 4.68 Å². The molecular formula is C22H20F2N8O3. The van der Waals surface area contributed by atoms with Crippen LogP contribution in [0.1, 0.15) is 20.8 Å². The molecule has 0 saturated carbocycles. The quantitative estimate of drug-likeness (QED) is 0.442. The van der Waals surface area contributed by atoms with Gasteiger partial charge >= 0.3 is 12.5 Å². The zero-order valence-electron chi connectivity index (χ0n) is 20.1. The van der Waals surface area contributed by atoms with Gasteiger partial charge in [-0.05, 0) is 24.3 Å². The molecule has 4 heterocycles. The number of rotatable bonds is 6. The highest BCUT2D eigenvalue weighted by molar-refractivity contribution is 5.90. The van der Waals surface area contributed by atoms with E-state index in [1.165, 1.54) is 24.5 Å². The van der Waals surface area contributed by atoms with Gasteiger partial charge in [-0.2, -0.15) is 8.78 Å². The highest BCUT2D eigenvalue weighted by Gasteiger charge is 2.18. The molecule has 0 unspecified atom stereocenters. The number of anilines is 1. The summed E-state index contributed by atoms with van der Waals surface area (Å²) in [7, 11) is 0. The number of pyridine rings is 1. The lowest BCUT2D eigenvalue weighted by molar-refractivity contribution is 0.0564. The number of carbonyl (C=O) groups excluding carboxylic acids is 1. The number of morpholine rings is 1. The molecule has 180 valence electrons. The molecule has 2 amide bonds. The van der Waals surface area contributed by atoms with Crippen LogP contribution in [0.15, 0.2) is 53.2 Å². The molecule has 35 heavy (non-hydrogen) atoms. The van der Waals surface area contributed by atoms with Gasteiger partial charge < -0.3 is 19.4 Å². The Morgan fingerprint density at radius 2 is 2.00 bits per heavy atom. The first-order chi connectivity index (χ1) is 17.8. The van der Waals surface area contributed by atoms with Gasteiger partial charge in [-0.1, -0.05) is 17.3 Å². The van der Waals surface area contributed by atoms with Crippen LogP contribution in [0.25, 0.3) is 22.7 Å². The minimum atomic E-state index is -2.90. The Hall–Kier alpha value is -4.26. The molecule has 1 saturated heterocycles. The molecule has 1 aliphatic rings. The topological polar surface area (TPSA) is 124 Å². The number of nitrogens with one attached hydrogen (secondary N) is 1. The standard InChI is InChI=1S/C22H20F2N8O3/c23-19(24)21-29-28-20(35-21)15-4-5-17(25-11-15)12-32-13-18(27-30-32)14-2-1-3-16(10-14)26-22(33)31-6-8-34-9-7-31/h1-5,10-11,13,19H,6-9,12H2,(H,26,33)/i12D2. The number of hydrogen-bond acceptors (Lipinski definition) is 8. The van der Waals surface area contributed by atoms with Crippen molar-refractivity contribution in [2.45, 2.75) is 12.9 Å². The number of benzene rings is 1. The molecule has 1 aromatic carbocycles. The smallest absolute Gasteiger partial charge is 0.321 e. The molecule has 5 rings (SSSR count). The number of halogens is 2. The highest BCUT2D eigenvalue weighted by atomic mass is 19.3. The van der Waals surface area contributed by atoms with E-state index in [1.54, 1.807) is 29.2 Å². The first-order valence-corrected chi connectivity index (χ1v) is 10.6. The first-order valence-electron chi connectivity index (χ1n) is 11.6. The minimum Gasteiger partial charge on any atom is -0.415 e. The summed E-state index contributed by atoms with van der Waals surface area (Å²) in [4.78, 5) is 18.2. The zero-order chi connectivity index (χ0) is 26.0. The Kier molecular flexibility index (Phi) is 5.71. The number of amides is 2. The number of ether oxygens (including phenoxy) is 1. The molecule has 13 heteroatoms. The van der Waals surface area contributed by atoms with Crippen molar-refractivity contribution in [3.05, 3.63) is 60.4 Å². The summed E-state index contributed by atoms with van der Waals surface area (Å²) < 4.78 is 53.6. The average molecular weight is 484 g/mol. The molecular weight excluding hydrogens is 462 g/mol. The van der Waals surface area contributed by atoms with Gasteiger partial charge in [0.15, 0.2) is 0 Å². The monoisotopic (exact) mass is 484 g/mol. The van der Waals surface area contributed by atoms with Gasteiger partial charge in [-0.15, -0.1) is 15.3 Å². The minimum absolute atomic E-state index is 0.00664. The van der Waals surface area contributed by atoms with Crippen LogP contribution in [-0.2, 0) is 11.2 Å². The number of urea groups is 1. The average Bonchev–Trinajstić information content (AvgIpc) is 3.61. The second-order valence-corrected chi connectivity index (χ2v) is 7.45. The lowest BCUT2D eigenvalue weighted by Crippen LogP contribution is -2.43. The van der Waals surface area contributed by atoms with Gasteiger partial charge in [0.25, 0.3) is 5.89 Å². The summed E-state index contributed by atoms with van der Waals surface area (Å²) in [6.45, 7) is -0.181. The molecule has 3 aromatic heterocycles. The summed E-state index contributed by atoms with van der Waals surface area (Å²) >= 11 is 0. The van der Waals surface area contributed by atoms with Crippen LogP contribution in [0.5, 0.6) is 0 Å². The zero-order valence-corrected chi connectivity index (χ0v) is 18.1. The molecule has 0 bridgehead atoms. The molecule has 1 fully saturated rings. The third-order valence-electron chi connectivity index (χ3n) is 5.07. The van der Waals surface area contributed by atoms with Gasteiger partial charge in [0.05, 0.1) is 39.9 Å². The van der Waals surface area contributed by atoms with E-state index in [9.17, 15) is 13.6 Å². The van der Waals surface area contributed by atoms with Gasteiger partial charge in [0.1, 0.15) is 5.69 Å². The van der Waals surface area contributed by atoms with Crippen molar-refractivity contribution < 1.29 is 25.5 Å². The number of nitrogens with zero attached hydrogens (tertiary/aromatic N) is 7. The Bertz CT molecular complexity index is 1390. The third-order valence-corrected chi connectivity index (χ3v) is 5.07. The summed E-state index contributed by atoms with van der Waals surface area (Å²) in [6, 6.07) is 9.53. The summed E-state index contributed by atoms with van der Waals surface area (Å²) in [5.74, 6) is -0.965. The fourth-order valence-corrected chi connectivity index (χ4v) is 3.32. The maximum absolute atomic E-state index is 12.7. The SMILES string of the molecule is [2H]C([2H])(c1ccc(-c2nnc(C(F)F)o2)cn1)n1cc(-c2cccc(NC(=O)N3CCOCC3)c2)nn1. The Morgan fingerprint density at radius 3 is 2.74 bits per heavy atom. The third kappa shape index (κ3) is 5.30. The van der Waals surface area contributed by atoms with E-state index in [0.29, 0.717) is 43.2 Å². The van der Waals surface area contributed by atoms with Crippen molar-refractivity contribution >= 4 is 11.7 Å². The van der Waals surface area contributed by atoms with E-state index in [2.05, 4.69) is 30.8 Å². The van der Waals surface area contributed by atoms with Crippen molar-refractivity contribution in [2.75, 3.05) is 31.6 Å². The van der Waals surface area contributed by atoms with E-state index >= 15 is 0 Å². The van der Waals surface area contributed by atoms with Gasteiger partial charge in [0, 0.05) is 30.5 Å². The highest BCUT2D eigenvalue weighted by Crippen LogP contribution is 2.23. The number of hydrogen-bond donors (Lipinski definition) is 1. The van der Waals surface area contributed by atoms with Crippen molar-refractivity contribution in [3.63, 3.8) is 0 Å². The van der Waals surface area contributed by atoms with E-state index in [-0.39, 0.29) is 23.2 Å². The van der Waals surface area contributed by atoms with Crippen LogP contribution < -0.4 is 5.32 Å². The second kappa shape index (κ2) is 9.93. The molecule has 1 aliphatic heterocycles. The van der Waals surface area contributed by atoms with Crippen LogP contribution >= 0.6 is 0 Å². The normalized spacial score (nSPS) is 15.1. The first kappa shape index (κ1) is 20.1. The molecule has 0 radical (unpaired) electrons. The fraction of sp³-hybridized carbons (Fsp3) is 0.273. The van der Waals surface area contributed by atoms with Crippen LogP contribution in [0.3, 0.4) is 0 Å². The van der Waals surface area contributed by atoms with Crippen LogP contribution in [0.4, 0.5) is 19.3 Å². The maximum Gasteiger partial charge on any atom is 0.321 e. The summed E-state index contributed by atoms with van der Waals surface area (Å²) in [5.41, 5.74) is 1.81. The van der Waals surface area contributed by atoms with Crippen molar-refractivity contribution in [1.29, 1.82) is 0 Å². The number of aromatic nitrogens is 6. The Morgan fingerprint density at radius 1 is 1.14 bits per heavy atom. The van der Waals surface area contributed by atoms with Crippen LogP contribution in [0, 0.1) is 0 Å². The Balaban J connectivity index is 1.31. The van der Waals surface area contributed by atoms with Crippen LogP contribution in [-0.4, -0.2) is 67.4 Å². The van der Waals surface area contributed by atoms with E-state index in [4.69, 9.17) is 11.9 Å². The molecule has 4 aromatic rings. The van der Waals surface area contributed by atoms with E-state index in [1.807, 2.05) is 0 Å². The van der Waals surface area contributed by atoms with E-state index < -0.39 is 18.8 Å². The fourth-order valence-electron chi connectivity index (χ4n) is 3.32. The summed E-state index contributed by atoms with van der Waals surface area (Å²) in [6.07, 6.45) is -0.231. The second-order valence-electron chi connectivity index (χ2n) is 7.45. The molecule has 0 spiro atoms. The lowest BCUT2D eigenvalue weighted by atomic mass is 10.1. The predicted octanol–water partition coefficient (Wildman–Crippen LogP) is 3.24. The maximum atomic E-state index is 12.7. The largest absolute Gasteiger partial charge is 0.415 e. The summed E-state index contributed by atoms with van der Waals surface area (Å²) in [5, 5.41) is 17.7. The van der Waals surface area contributed by atoms with Crippen molar-refractivity contribution in [3.8, 4) is 22.7 Å². The molecule has 11 nitrogen and oxygen atoms in total. The van der Waals surface area contributed by atoms with Crippen LogP contribution in [0.2, 0.25) is 0 Å². The Labute approximate surface area is 200 Å². The predicted molar refractivity (Wildman–Crippen MR) is 118 cm³/mol. The van der Waals surface area contributed by atoms with Gasteiger partial charge in [0.2, 0.25) is 5.89 Å².